The van der Waals surface area contributed by atoms with Gasteiger partial charge in [-0.1, -0.05) is 0 Å². The Morgan fingerprint density at radius 3 is 2.91 bits per heavy atom. The van der Waals surface area contributed by atoms with E-state index >= 15 is 0 Å². The second-order valence-electron chi connectivity index (χ2n) is 8.92. The van der Waals surface area contributed by atoms with Gasteiger partial charge in [0.05, 0.1) is 19.4 Å². The van der Waals surface area contributed by atoms with Crippen LogP contribution in [0.3, 0.4) is 0 Å². The van der Waals surface area contributed by atoms with E-state index in [-0.39, 0.29) is 17.5 Å². The Hall–Kier alpha value is -1.95. The Labute approximate surface area is 194 Å². The minimum absolute atomic E-state index is 0.0176. The van der Waals surface area contributed by atoms with Crippen molar-refractivity contribution in [2.75, 3.05) is 13.2 Å². The summed E-state index contributed by atoms with van der Waals surface area (Å²) in [5, 5.41) is 14.0. The molecule has 2 aliphatic rings. The number of hydrogen-bond donors (Lipinski definition) is 2. The van der Waals surface area contributed by atoms with Crippen LogP contribution in [0.4, 0.5) is 13.2 Å². The standard InChI is InChI=1S/C22H29F3N4O3S/c1-14-9-21(19-16(4-8-32-21)17(13-30)20(33-19)22(23,24)25)5-7-28(14)11-15-10-27-29(12-15)6-2-3-18(26)31/h10,12,14,30H,2-9,11,13H2,1H3,(H2,26,31)/t14-,21+/m0/s1. The molecule has 1 amide bonds. The van der Waals surface area contributed by atoms with Crippen LogP contribution in [0.1, 0.15) is 59.1 Å². The number of fused-ring (bicyclic) bond motifs is 2. The molecule has 0 saturated carbocycles. The smallest absolute Gasteiger partial charge is 0.392 e. The first-order valence-corrected chi connectivity index (χ1v) is 12.0. The zero-order valence-electron chi connectivity index (χ0n) is 18.5. The van der Waals surface area contributed by atoms with E-state index in [0.717, 1.165) is 16.9 Å². The van der Waals surface area contributed by atoms with Crippen LogP contribution in [0.5, 0.6) is 0 Å². The van der Waals surface area contributed by atoms with Crippen molar-refractivity contribution in [3.8, 4) is 0 Å². The molecular formula is C22H29F3N4O3S. The monoisotopic (exact) mass is 486 g/mol. The van der Waals surface area contributed by atoms with Crippen LogP contribution in [0, 0.1) is 0 Å². The van der Waals surface area contributed by atoms with Crippen molar-refractivity contribution < 1.29 is 27.8 Å². The fraction of sp³-hybridized carbons (Fsp3) is 0.636. The van der Waals surface area contributed by atoms with Gasteiger partial charge in [-0.05, 0) is 38.2 Å². The van der Waals surface area contributed by atoms with Crippen LogP contribution in [0.2, 0.25) is 0 Å². The van der Waals surface area contributed by atoms with Crippen LogP contribution in [-0.2, 0) is 47.4 Å². The number of ether oxygens (including phenoxy) is 1. The van der Waals surface area contributed by atoms with E-state index in [1.54, 1.807) is 10.9 Å². The van der Waals surface area contributed by atoms with Gasteiger partial charge < -0.3 is 15.6 Å². The number of nitrogens with zero attached hydrogens (tertiary/aromatic N) is 3. The molecule has 0 radical (unpaired) electrons. The molecule has 1 spiro atoms. The number of rotatable bonds is 7. The van der Waals surface area contributed by atoms with Crippen molar-refractivity contribution in [3.05, 3.63) is 38.8 Å². The fourth-order valence-corrected chi connectivity index (χ4v) is 6.44. The quantitative estimate of drug-likeness (QED) is 0.627. The molecule has 0 bridgehead atoms. The van der Waals surface area contributed by atoms with Gasteiger partial charge >= 0.3 is 6.18 Å². The molecule has 7 nitrogen and oxygen atoms in total. The van der Waals surface area contributed by atoms with E-state index in [2.05, 4.69) is 16.9 Å². The van der Waals surface area contributed by atoms with E-state index in [1.807, 2.05) is 6.20 Å². The van der Waals surface area contributed by atoms with Crippen molar-refractivity contribution in [1.82, 2.24) is 14.7 Å². The Balaban J connectivity index is 1.47. The molecule has 3 N–H and O–H groups in total. The first-order valence-electron chi connectivity index (χ1n) is 11.1. The molecule has 2 aromatic rings. The Morgan fingerprint density at radius 2 is 2.24 bits per heavy atom. The first kappa shape index (κ1) is 24.2. The molecule has 33 heavy (non-hydrogen) atoms. The molecule has 1 saturated heterocycles. The Bertz CT molecular complexity index is 1010. The zero-order chi connectivity index (χ0) is 23.8. The van der Waals surface area contributed by atoms with E-state index < -0.39 is 23.3 Å². The molecule has 4 rings (SSSR count). The molecule has 0 unspecified atom stereocenters. The normalized spacial score (nSPS) is 23.7. The molecule has 1 fully saturated rings. The summed E-state index contributed by atoms with van der Waals surface area (Å²) < 4.78 is 48.8. The van der Waals surface area contributed by atoms with Crippen molar-refractivity contribution in [1.29, 1.82) is 0 Å². The summed E-state index contributed by atoms with van der Waals surface area (Å²) >= 11 is 0.744. The van der Waals surface area contributed by atoms with Crippen LogP contribution >= 0.6 is 11.3 Å². The number of carbonyl (C=O) groups is 1. The maximum absolute atomic E-state index is 13.6. The number of amides is 1. The third-order valence-corrected chi connectivity index (χ3v) is 8.12. The minimum Gasteiger partial charge on any atom is -0.392 e. The lowest BCUT2D eigenvalue weighted by molar-refractivity contribution is -0.135. The average Bonchev–Trinajstić information content (AvgIpc) is 3.35. The van der Waals surface area contributed by atoms with Crippen LogP contribution in [-0.4, -0.2) is 44.9 Å². The number of alkyl halides is 3. The highest BCUT2D eigenvalue weighted by Gasteiger charge is 2.48. The summed E-state index contributed by atoms with van der Waals surface area (Å²) in [7, 11) is 0. The van der Waals surface area contributed by atoms with Gasteiger partial charge in [0.25, 0.3) is 0 Å². The third-order valence-electron chi connectivity index (χ3n) is 6.61. The van der Waals surface area contributed by atoms with Crippen molar-refractivity contribution >= 4 is 17.2 Å². The number of hydrogen-bond acceptors (Lipinski definition) is 6. The molecule has 0 aliphatic carbocycles. The Kier molecular flexibility index (Phi) is 6.86. The minimum atomic E-state index is -4.48. The van der Waals surface area contributed by atoms with Gasteiger partial charge in [0.15, 0.2) is 0 Å². The van der Waals surface area contributed by atoms with Crippen molar-refractivity contribution in [2.45, 2.75) is 76.5 Å². The largest absolute Gasteiger partial charge is 0.425 e. The number of aryl methyl sites for hydroxylation is 1. The number of piperidine rings is 1. The number of carbonyl (C=O) groups excluding carboxylic acids is 1. The van der Waals surface area contributed by atoms with Gasteiger partial charge in [0, 0.05) is 54.3 Å². The van der Waals surface area contributed by atoms with Crippen molar-refractivity contribution in [3.63, 3.8) is 0 Å². The second-order valence-corrected chi connectivity index (χ2v) is 9.94. The van der Waals surface area contributed by atoms with Gasteiger partial charge in [-0.2, -0.15) is 18.3 Å². The summed E-state index contributed by atoms with van der Waals surface area (Å²) in [6.45, 7) is 3.80. The highest BCUT2D eigenvalue weighted by Crippen LogP contribution is 2.51. The molecule has 4 heterocycles. The first-order chi connectivity index (χ1) is 15.6. The lowest BCUT2D eigenvalue weighted by Gasteiger charge is -2.47. The summed E-state index contributed by atoms with van der Waals surface area (Å²) in [6, 6.07) is 0.0944. The molecule has 2 atom stereocenters. The predicted octanol–water partition coefficient (Wildman–Crippen LogP) is 3.17. The van der Waals surface area contributed by atoms with Gasteiger partial charge in [-0.3, -0.25) is 14.4 Å². The Morgan fingerprint density at radius 1 is 1.45 bits per heavy atom. The van der Waals surface area contributed by atoms with Crippen molar-refractivity contribution in [2.24, 2.45) is 5.73 Å². The lowest BCUT2D eigenvalue weighted by atomic mass is 9.81. The molecular weight excluding hydrogens is 457 g/mol. The van der Waals surface area contributed by atoms with E-state index in [9.17, 15) is 23.1 Å². The second kappa shape index (κ2) is 9.36. The number of aliphatic hydroxyl groups is 1. The highest BCUT2D eigenvalue weighted by atomic mass is 32.1. The van der Waals surface area contributed by atoms with E-state index in [1.165, 1.54) is 0 Å². The van der Waals surface area contributed by atoms with Gasteiger partial charge in [-0.15, -0.1) is 11.3 Å². The lowest BCUT2D eigenvalue weighted by Crippen LogP contribution is -2.50. The number of halogens is 3. The topological polar surface area (TPSA) is 93.6 Å². The van der Waals surface area contributed by atoms with Gasteiger partial charge in [0.1, 0.15) is 10.5 Å². The third kappa shape index (κ3) is 4.96. The zero-order valence-corrected chi connectivity index (χ0v) is 19.3. The SMILES string of the molecule is C[C@H]1C[C@@]2(CCN1Cc1cnn(CCCC(N)=O)c1)OCCc1c2sc(C(F)(F)F)c1CO. The van der Waals surface area contributed by atoms with Gasteiger partial charge in [-0.25, -0.2) is 0 Å². The summed E-state index contributed by atoms with van der Waals surface area (Å²) in [5.74, 6) is -0.328. The predicted molar refractivity (Wildman–Crippen MR) is 116 cm³/mol. The van der Waals surface area contributed by atoms with Crippen LogP contribution in [0.25, 0.3) is 0 Å². The van der Waals surface area contributed by atoms with Gasteiger partial charge in [0.2, 0.25) is 5.91 Å². The maximum atomic E-state index is 13.6. The summed E-state index contributed by atoms with van der Waals surface area (Å²) in [6.07, 6.45) is 1.82. The average molecular weight is 487 g/mol. The summed E-state index contributed by atoms with van der Waals surface area (Å²) in [5.41, 5.74) is 6.12. The van der Waals surface area contributed by atoms with Crippen LogP contribution < -0.4 is 5.73 Å². The molecule has 2 aromatic heterocycles. The number of nitrogens with two attached hydrogens (primary N) is 1. The number of thiophene rings is 1. The summed E-state index contributed by atoms with van der Waals surface area (Å²) in [4.78, 5) is 13.1. The maximum Gasteiger partial charge on any atom is 0.425 e. The van der Waals surface area contributed by atoms with Crippen LogP contribution in [0.15, 0.2) is 12.4 Å². The highest BCUT2D eigenvalue weighted by molar-refractivity contribution is 7.12. The fourth-order valence-electron chi connectivity index (χ4n) is 5.03. The number of primary amides is 1. The van der Waals surface area contributed by atoms with E-state index in [0.29, 0.717) is 68.8 Å². The number of aliphatic hydroxyl groups excluding tert-OH is 1. The molecule has 182 valence electrons. The number of aromatic nitrogens is 2. The van der Waals surface area contributed by atoms with E-state index in [4.69, 9.17) is 10.5 Å². The number of likely N-dealkylation sites (tertiary alicyclic amines) is 1. The molecule has 0 aromatic carbocycles. The molecule has 11 heteroatoms. The molecule has 2 aliphatic heterocycles.